The van der Waals surface area contributed by atoms with E-state index in [0.29, 0.717) is 11.3 Å². The molecule has 2 aromatic rings. The first-order valence-electron chi connectivity index (χ1n) is 12.5. The highest BCUT2D eigenvalue weighted by Gasteiger charge is 2.74. The molecule has 3 heterocycles. The van der Waals surface area contributed by atoms with E-state index in [1.165, 1.54) is 16.9 Å². The van der Waals surface area contributed by atoms with Crippen LogP contribution in [0.3, 0.4) is 0 Å². The van der Waals surface area contributed by atoms with Crippen LogP contribution in [0.15, 0.2) is 54.6 Å². The molecule has 4 atom stereocenters. The maximum atomic E-state index is 14.4. The Morgan fingerprint density at radius 3 is 2.27 bits per heavy atom. The van der Waals surface area contributed by atoms with Gasteiger partial charge in [0.1, 0.15) is 11.3 Å². The van der Waals surface area contributed by atoms with Crippen molar-refractivity contribution in [1.82, 2.24) is 14.7 Å². The van der Waals surface area contributed by atoms with Crippen LogP contribution < -0.4 is 4.74 Å². The Morgan fingerprint density at radius 1 is 0.946 bits per heavy atom. The van der Waals surface area contributed by atoms with Crippen LogP contribution in [-0.2, 0) is 30.3 Å². The fraction of sp³-hybridized carbons (Fsp3) is 0.429. The van der Waals surface area contributed by atoms with E-state index in [-0.39, 0.29) is 50.4 Å². The Bertz CT molecular complexity index is 1220. The zero-order valence-electron chi connectivity index (χ0n) is 21.3. The zero-order valence-corrected chi connectivity index (χ0v) is 21.3. The number of ether oxygens (including phenoxy) is 2. The van der Waals surface area contributed by atoms with Crippen LogP contribution >= 0.6 is 0 Å². The molecule has 0 saturated carbocycles. The number of fused-ring (bicyclic) bond motifs is 3. The van der Waals surface area contributed by atoms with Crippen LogP contribution in [0.4, 0.5) is 0 Å². The maximum absolute atomic E-state index is 14.4. The molecule has 3 saturated heterocycles. The number of carbonyl (C=O) groups is 4. The molecule has 0 aliphatic carbocycles. The molecule has 4 amide bonds. The molecule has 9 nitrogen and oxygen atoms in total. The number of piperazine rings is 1. The number of rotatable bonds is 8. The van der Waals surface area contributed by atoms with Crippen LogP contribution in [0, 0.1) is 11.8 Å². The van der Waals surface area contributed by atoms with Gasteiger partial charge in [0.2, 0.25) is 23.6 Å². The maximum Gasteiger partial charge on any atom is 0.250 e. The standard InChI is InChI=1S/C28H31N3O6/c1-4-30-25(33)22-23(26(30)34)28(16-18-8-6-5-7-9-18)27(35)29(14-15-36-2)17-21(32)31(28)24(22)19-10-12-20(37-3)13-11-19/h5-13,22-24H,4,14-17H2,1-3H3/t22-,23-,24-,28-/m1/s1. The molecule has 0 spiro atoms. The third-order valence-corrected chi connectivity index (χ3v) is 7.91. The number of likely N-dealkylation sites (tertiary alicyclic amines) is 1. The minimum absolute atomic E-state index is 0.131. The third-order valence-electron chi connectivity index (χ3n) is 7.91. The first-order chi connectivity index (χ1) is 17.9. The van der Waals surface area contributed by atoms with E-state index in [1.54, 1.807) is 43.2 Å². The Balaban J connectivity index is 1.73. The Hall–Kier alpha value is -3.72. The van der Waals surface area contributed by atoms with Crippen LogP contribution in [0.2, 0.25) is 0 Å². The minimum atomic E-state index is -1.53. The van der Waals surface area contributed by atoms with Gasteiger partial charge in [0.05, 0.1) is 38.1 Å². The lowest BCUT2D eigenvalue weighted by molar-refractivity contribution is -0.169. The summed E-state index contributed by atoms with van der Waals surface area (Å²) in [5.74, 6) is -2.57. The molecular formula is C28H31N3O6. The number of imide groups is 1. The first-order valence-corrected chi connectivity index (χ1v) is 12.5. The van der Waals surface area contributed by atoms with Crippen molar-refractivity contribution in [2.45, 2.75) is 24.9 Å². The van der Waals surface area contributed by atoms with Gasteiger partial charge in [-0.3, -0.25) is 24.1 Å². The lowest BCUT2D eigenvalue weighted by atomic mass is 9.74. The molecule has 0 radical (unpaired) electrons. The molecule has 3 aliphatic rings. The van der Waals surface area contributed by atoms with Crippen LogP contribution in [-0.4, -0.2) is 84.3 Å². The average molecular weight is 506 g/mol. The van der Waals surface area contributed by atoms with Crippen molar-refractivity contribution < 1.29 is 28.7 Å². The van der Waals surface area contributed by atoms with Crippen molar-refractivity contribution in [1.29, 1.82) is 0 Å². The van der Waals surface area contributed by atoms with Gasteiger partial charge in [0.15, 0.2) is 0 Å². The summed E-state index contributed by atoms with van der Waals surface area (Å²) < 4.78 is 10.5. The predicted octanol–water partition coefficient (Wildman–Crippen LogP) is 1.67. The summed E-state index contributed by atoms with van der Waals surface area (Å²) in [7, 11) is 3.09. The molecule has 3 fully saturated rings. The van der Waals surface area contributed by atoms with Crippen molar-refractivity contribution in [3.63, 3.8) is 0 Å². The Labute approximate surface area is 215 Å². The highest BCUT2D eigenvalue weighted by Crippen LogP contribution is 2.57. The van der Waals surface area contributed by atoms with Gasteiger partial charge in [-0.15, -0.1) is 0 Å². The van der Waals surface area contributed by atoms with Gasteiger partial charge < -0.3 is 19.3 Å². The normalized spacial score (nSPS) is 27.1. The zero-order chi connectivity index (χ0) is 26.3. The molecule has 3 aliphatic heterocycles. The van der Waals surface area contributed by atoms with Gasteiger partial charge in [0, 0.05) is 26.6 Å². The molecule has 2 aromatic carbocycles. The molecular weight excluding hydrogens is 474 g/mol. The van der Waals surface area contributed by atoms with Crippen molar-refractivity contribution in [3.05, 3.63) is 65.7 Å². The largest absolute Gasteiger partial charge is 0.497 e. The summed E-state index contributed by atoms with van der Waals surface area (Å²) in [5, 5.41) is 0. The number of hydrogen-bond donors (Lipinski definition) is 0. The van der Waals surface area contributed by atoms with Crippen molar-refractivity contribution in [2.24, 2.45) is 11.8 Å². The molecule has 5 rings (SSSR count). The second-order valence-corrected chi connectivity index (χ2v) is 9.71. The van der Waals surface area contributed by atoms with Crippen molar-refractivity contribution in [2.75, 3.05) is 40.5 Å². The predicted molar refractivity (Wildman–Crippen MR) is 133 cm³/mol. The van der Waals surface area contributed by atoms with E-state index in [9.17, 15) is 19.2 Å². The smallest absolute Gasteiger partial charge is 0.250 e. The fourth-order valence-corrected chi connectivity index (χ4v) is 6.36. The number of methoxy groups -OCH3 is 2. The van der Waals surface area contributed by atoms with E-state index < -0.39 is 29.3 Å². The number of benzene rings is 2. The van der Waals surface area contributed by atoms with E-state index in [1.807, 2.05) is 30.3 Å². The van der Waals surface area contributed by atoms with Gasteiger partial charge in [0.25, 0.3) is 0 Å². The van der Waals surface area contributed by atoms with Gasteiger partial charge >= 0.3 is 0 Å². The number of hydrogen-bond acceptors (Lipinski definition) is 6. The molecule has 0 unspecified atom stereocenters. The molecule has 0 bridgehead atoms. The second-order valence-electron chi connectivity index (χ2n) is 9.71. The molecule has 9 heteroatoms. The highest BCUT2D eigenvalue weighted by atomic mass is 16.5. The van der Waals surface area contributed by atoms with E-state index in [0.717, 1.165) is 5.56 Å². The van der Waals surface area contributed by atoms with Crippen LogP contribution in [0.5, 0.6) is 5.75 Å². The number of carbonyl (C=O) groups excluding carboxylic acids is 4. The van der Waals surface area contributed by atoms with Gasteiger partial charge in [-0.25, -0.2) is 0 Å². The molecule has 0 aromatic heterocycles. The highest BCUT2D eigenvalue weighted by molar-refractivity contribution is 6.13. The molecule has 0 N–H and O–H groups in total. The Morgan fingerprint density at radius 2 is 1.65 bits per heavy atom. The van der Waals surface area contributed by atoms with Crippen molar-refractivity contribution in [3.8, 4) is 5.75 Å². The number of nitrogens with zero attached hydrogens (tertiary/aromatic N) is 3. The van der Waals surface area contributed by atoms with Gasteiger partial charge in [-0.2, -0.15) is 0 Å². The quantitative estimate of drug-likeness (QED) is 0.507. The van der Waals surface area contributed by atoms with Gasteiger partial charge in [-0.05, 0) is 30.2 Å². The topological polar surface area (TPSA) is 96.5 Å². The van der Waals surface area contributed by atoms with E-state index in [2.05, 4.69) is 0 Å². The fourth-order valence-electron chi connectivity index (χ4n) is 6.36. The summed E-state index contributed by atoms with van der Waals surface area (Å²) in [6, 6.07) is 15.8. The first kappa shape index (κ1) is 25.0. The summed E-state index contributed by atoms with van der Waals surface area (Å²) in [4.78, 5) is 60.2. The summed E-state index contributed by atoms with van der Waals surface area (Å²) in [6.07, 6.45) is 0.131. The lowest BCUT2D eigenvalue weighted by Gasteiger charge is -2.49. The summed E-state index contributed by atoms with van der Waals surface area (Å²) in [5.41, 5.74) is -0.0287. The summed E-state index contributed by atoms with van der Waals surface area (Å²) in [6.45, 7) is 2.29. The van der Waals surface area contributed by atoms with E-state index >= 15 is 0 Å². The van der Waals surface area contributed by atoms with Crippen LogP contribution in [0.1, 0.15) is 24.1 Å². The third kappa shape index (κ3) is 3.71. The SMILES string of the molecule is CCN1C(=O)[C@H]2[C@@H](c3ccc(OC)cc3)N3C(=O)CN(CCOC)C(=O)[C@@]3(Cc3ccccc3)[C@H]2C1=O. The van der Waals surface area contributed by atoms with E-state index in [4.69, 9.17) is 9.47 Å². The second kappa shape index (κ2) is 9.63. The van der Waals surface area contributed by atoms with Crippen molar-refractivity contribution >= 4 is 23.6 Å². The minimum Gasteiger partial charge on any atom is -0.497 e. The lowest BCUT2D eigenvalue weighted by Crippen LogP contribution is -2.70. The van der Waals surface area contributed by atoms with Gasteiger partial charge in [-0.1, -0.05) is 42.5 Å². The monoisotopic (exact) mass is 505 g/mol. The average Bonchev–Trinajstić information content (AvgIpc) is 3.36. The molecule has 194 valence electrons. The summed E-state index contributed by atoms with van der Waals surface area (Å²) >= 11 is 0. The molecule has 37 heavy (non-hydrogen) atoms. The number of amides is 4. The van der Waals surface area contributed by atoms with Crippen LogP contribution in [0.25, 0.3) is 0 Å². The Kier molecular flexibility index (Phi) is 6.49.